The van der Waals surface area contributed by atoms with Crippen molar-refractivity contribution in [2.45, 2.75) is 96.7 Å². The average molecular weight is 330 g/mol. The van der Waals surface area contributed by atoms with Crippen LogP contribution in [0.4, 0.5) is 0 Å². The van der Waals surface area contributed by atoms with Crippen molar-refractivity contribution in [1.82, 2.24) is 4.90 Å². The van der Waals surface area contributed by atoms with Crippen molar-refractivity contribution in [3.8, 4) is 0 Å². The first-order chi connectivity index (χ1) is 11.7. The predicted octanol–water partition coefficient (Wildman–Crippen LogP) is 5.75. The fraction of sp³-hybridized carbons (Fsp3) is 0.682. The van der Waals surface area contributed by atoms with Gasteiger partial charge in [0.2, 0.25) is 0 Å². The van der Waals surface area contributed by atoms with E-state index in [0.717, 1.165) is 19.4 Å². The van der Waals surface area contributed by atoms with E-state index in [9.17, 15) is 4.79 Å². The maximum atomic E-state index is 12.3. The number of likely N-dealkylation sites (tertiary alicyclic amines) is 1. The summed E-state index contributed by atoms with van der Waals surface area (Å²) in [7, 11) is 0. The number of benzene rings is 1. The fourth-order valence-corrected chi connectivity index (χ4v) is 3.99. The second kappa shape index (κ2) is 10.7. The number of rotatable bonds is 10. The first-order valence-corrected chi connectivity index (χ1v) is 10.1. The molecular weight excluding hydrogens is 294 g/mol. The summed E-state index contributed by atoms with van der Waals surface area (Å²) in [6.45, 7) is 5.50. The molecule has 1 aromatic rings. The van der Waals surface area contributed by atoms with E-state index in [2.05, 4.69) is 49.1 Å². The zero-order valence-electron chi connectivity index (χ0n) is 15.7. The number of Topliss-reactive ketones (excluding diaryl/α,β-unsaturated/α-hetero) is 1. The van der Waals surface area contributed by atoms with Crippen molar-refractivity contribution in [3.05, 3.63) is 35.9 Å². The molecule has 0 radical (unpaired) electrons. The first kappa shape index (κ1) is 19.2. The lowest BCUT2D eigenvalue weighted by molar-refractivity contribution is -0.126. The average Bonchev–Trinajstić information content (AvgIpc) is 2.59. The minimum Gasteiger partial charge on any atom is -0.300 e. The van der Waals surface area contributed by atoms with E-state index in [0.29, 0.717) is 17.9 Å². The van der Waals surface area contributed by atoms with E-state index in [1.807, 2.05) is 0 Å². The Morgan fingerprint density at radius 3 is 1.92 bits per heavy atom. The maximum absolute atomic E-state index is 12.3. The Kier molecular flexibility index (Phi) is 8.52. The van der Waals surface area contributed by atoms with Crippen molar-refractivity contribution < 1.29 is 4.79 Å². The van der Waals surface area contributed by atoms with Gasteiger partial charge >= 0.3 is 0 Å². The number of hydrogen-bond donors (Lipinski definition) is 0. The Bertz CT molecular complexity index is 448. The number of carbonyl (C=O) groups excluding carboxylic acids is 1. The number of piperidine rings is 1. The Hall–Kier alpha value is -1.15. The van der Waals surface area contributed by atoms with Crippen molar-refractivity contribution in [1.29, 1.82) is 0 Å². The monoisotopic (exact) mass is 329 g/mol. The van der Waals surface area contributed by atoms with Crippen LogP contribution in [0.3, 0.4) is 0 Å². The van der Waals surface area contributed by atoms with Gasteiger partial charge in [-0.15, -0.1) is 0 Å². The summed E-state index contributed by atoms with van der Waals surface area (Å²) < 4.78 is 0. The van der Waals surface area contributed by atoms with Gasteiger partial charge in [0.15, 0.2) is 0 Å². The molecule has 0 saturated carbocycles. The highest BCUT2D eigenvalue weighted by molar-refractivity contribution is 5.80. The molecule has 1 aromatic carbocycles. The summed E-state index contributed by atoms with van der Waals surface area (Å²) in [6, 6.07) is 11.7. The van der Waals surface area contributed by atoms with Crippen LogP contribution in [0, 0.1) is 0 Å². The van der Waals surface area contributed by atoms with Crippen LogP contribution in [0.25, 0.3) is 0 Å². The molecule has 0 N–H and O–H groups in total. The molecule has 2 unspecified atom stereocenters. The summed E-state index contributed by atoms with van der Waals surface area (Å²) in [6.07, 6.45) is 11.4. The first-order valence-electron chi connectivity index (χ1n) is 10.1. The van der Waals surface area contributed by atoms with Crippen LogP contribution in [-0.4, -0.2) is 22.8 Å². The van der Waals surface area contributed by atoms with Crippen molar-refractivity contribution in [2.75, 3.05) is 0 Å². The molecule has 1 saturated heterocycles. The fourth-order valence-electron chi connectivity index (χ4n) is 3.99. The van der Waals surface area contributed by atoms with Crippen LogP contribution in [0.1, 0.15) is 83.6 Å². The third kappa shape index (κ3) is 6.05. The SMILES string of the molecule is CCCCCC1CC(=O)CC(CCCCC)N1Cc1ccccc1. The molecule has 2 nitrogen and oxygen atoms in total. The van der Waals surface area contributed by atoms with Gasteiger partial charge in [-0.25, -0.2) is 0 Å². The van der Waals surface area contributed by atoms with E-state index < -0.39 is 0 Å². The van der Waals surface area contributed by atoms with Gasteiger partial charge in [-0.2, -0.15) is 0 Å². The molecule has 1 heterocycles. The van der Waals surface area contributed by atoms with Gasteiger partial charge in [-0.05, 0) is 18.4 Å². The molecule has 0 spiro atoms. The number of ketones is 1. The summed E-state index contributed by atoms with van der Waals surface area (Å²) in [5, 5.41) is 0. The van der Waals surface area contributed by atoms with Crippen molar-refractivity contribution in [3.63, 3.8) is 0 Å². The van der Waals surface area contributed by atoms with Crippen LogP contribution >= 0.6 is 0 Å². The van der Waals surface area contributed by atoms with Crippen molar-refractivity contribution >= 4 is 5.78 Å². The van der Waals surface area contributed by atoms with Crippen LogP contribution < -0.4 is 0 Å². The lowest BCUT2D eigenvalue weighted by Gasteiger charge is -2.42. The second-order valence-corrected chi connectivity index (χ2v) is 7.40. The number of unbranched alkanes of at least 4 members (excludes halogenated alkanes) is 4. The summed E-state index contributed by atoms with van der Waals surface area (Å²) in [4.78, 5) is 15.0. The smallest absolute Gasteiger partial charge is 0.136 e. The largest absolute Gasteiger partial charge is 0.300 e. The van der Waals surface area contributed by atoms with Gasteiger partial charge in [-0.1, -0.05) is 82.7 Å². The summed E-state index contributed by atoms with van der Waals surface area (Å²) in [5.41, 5.74) is 1.38. The van der Waals surface area contributed by atoms with Crippen molar-refractivity contribution in [2.24, 2.45) is 0 Å². The van der Waals surface area contributed by atoms with E-state index in [1.54, 1.807) is 0 Å². The molecule has 0 bridgehead atoms. The molecule has 0 aliphatic carbocycles. The molecule has 1 aliphatic heterocycles. The van der Waals surface area contributed by atoms with Gasteiger partial charge in [0.05, 0.1) is 0 Å². The van der Waals surface area contributed by atoms with E-state index >= 15 is 0 Å². The van der Waals surface area contributed by atoms with Crippen LogP contribution in [-0.2, 0) is 11.3 Å². The standard InChI is InChI=1S/C22H35NO/c1-3-5-8-14-20-16-22(24)17-21(15-9-6-4-2)23(20)18-19-12-10-7-11-13-19/h7,10-13,20-21H,3-6,8-9,14-18H2,1-2H3. The molecule has 134 valence electrons. The Labute approximate surface area is 148 Å². The lowest BCUT2D eigenvalue weighted by atomic mass is 9.88. The quantitative estimate of drug-likeness (QED) is 0.509. The summed E-state index contributed by atoms with van der Waals surface area (Å²) >= 11 is 0. The highest BCUT2D eigenvalue weighted by atomic mass is 16.1. The van der Waals surface area contributed by atoms with Crippen LogP contribution in [0.15, 0.2) is 30.3 Å². The number of hydrogen-bond acceptors (Lipinski definition) is 2. The predicted molar refractivity (Wildman–Crippen MR) is 102 cm³/mol. The molecule has 1 fully saturated rings. The maximum Gasteiger partial charge on any atom is 0.136 e. The van der Waals surface area contributed by atoms with Gasteiger partial charge in [0, 0.05) is 31.5 Å². The molecule has 24 heavy (non-hydrogen) atoms. The van der Waals surface area contributed by atoms with E-state index in [4.69, 9.17) is 0 Å². The molecule has 1 aliphatic rings. The van der Waals surface area contributed by atoms with Crippen LogP contribution in [0.2, 0.25) is 0 Å². The van der Waals surface area contributed by atoms with E-state index in [-0.39, 0.29) is 0 Å². The zero-order valence-corrected chi connectivity index (χ0v) is 15.7. The molecular formula is C22H35NO. The highest BCUT2D eigenvalue weighted by Crippen LogP contribution is 2.29. The Morgan fingerprint density at radius 2 is 1.42 bits per heavy atom. The summed E-state index contributed by atoms with van der Waals surface area (Å²) in [5.74, 6) is 0.488. The Balaban J connectivity index is 2.07. The third-order valence-corrected chi connectivity index (χ3v) is 5.35. The minimum atomic E-state index is 0.449. The van der Waals surface area contributed by atoms with E-state index in [1.165, 1.54) is 56.9 Å². The molecule has 0 amide bonds. The zero-order chi connectivity index (χ0) is 17.2. The van der Waals surface area contributed by atoms with Gasteiger partial charge in [0.25, 0.3) is 0 Å². The lowest BCUT2D eigenvalue weighted by Crippen LogP contribution is -2.49. The Morgan fingerprint density at radius 1 is 0.875 bits per heavy atom. The van der Waals surface area contributed by atoms with Gasteiger partial charge in [-0.3, -0.25) is 9.69 Å². The number of nitrogens with zero attached hydrogens (tertiary/aromatic N) is 1. The highest BCUT2D eigenvalue weighted by Gasteiger charge is 2.33. The van der Waals surface area contributed by atoms with Gasteiger partial charge in [0.1, 0.15) is 5.78 Å². The molecule has 2 atom stereocenters. The minimum absolute atomic E-state index is 0.449. The normalized spacial score (nSPS) is 22.0. The number of carbonyl (C=O) groups is 1. The third-order valence-electron chi connectivity index (χ3n) is 5.35. The molecule has 2 heteroatoms. The molecule has 0 aromatic heterocycles. The van der Waals surface area contributed by atoms with Crippen LogP contribution in [0.5, 0.6) is 0 Å². The van der Waals surface area contributed by atoms with Gasteiger partial charge < -0.3 is 0 Å². The molecule has 2 rings (SSSR count). The second-order valence-electron chi connectivity index (χ2n) is 7.40. The topological polar surface area (TPSA) is 20.3 Å².